The van der Waals surface area contributed by atoms with Crippen molar-refractivity contribution in [2.75, 3.05) is 59.5 Å². The number of alkyl halides is 6. The highest BCUT2D eigenvalue weighted by atomic mass is 19.4. The van der Waals surface area contributed by atoms with Crippen LogP contribution in [0.1, 0.15) is 6.92 Å². The summed E-state index contributed by atoms with van der Waals surface area (Å²) < 4.78 is 76.8. The molecule has 0 atom stereocenters. The van der Waals surface area contributed by atoms with Crippen molar-refractivity contribution in [3.05, 3.63) is 0 Å². The lowest BCUT2D eigenvalue weighted by Gasteiger charge is -2.59. The van der Waals surface area contributed by atoms with E-state index in [-0.39, 0.29) is 42.9 Å². The standard InChI is InChI=1S/C9H11F3N2O3.C9H11F3N2O2/c1-17-7(16)14-4-8(5-14)2-13(3-8)6(15)9(10,11)12;1-6(15)13-2-8(3-13)4-14(5-8)7(16)9(10,11)12/h2-5H2,1H3;2-5H2,1H3. The molecule has 4 fully saturated rings. The van der Waals surface area contributed by atoms with E-state index < -0.39 is 30.3 Å². The predicted octanol–water partition coefficient (Wildman–Crippen LogP) is 0.699. The molecule has 4 heterocycles. The monoisotopic (exact) mass is 488 g/mol. The van der Waals surface area contributed by atoms with Crippen molar-refractivity contribution in [3.8, 4) is 0 Å². The molecule has 4 aliphatic rings. The molecule has 9 nitrogen and oxygen atoms in total. The largest absolute Gasteiger partial charge is 0.471 e. The average molecular weight is 488 g/mol. The van der Waals surface area contributed by atoms with E-state index in [4.69, 9.17) is 0 Å². The third kappa shape index (κ3) is 4.81. The fourth-order valence-electron chi connectivity index (χ4n) is 4.58. The predicted molar refractivity (Wildman–Crippen MR) is 96.4 cm³/mol. The first-order chi connectivity index (χ1) is 15.0. The van der Waals surface area contributed by atoms with Gasteiger partial charge in [-0.2, -0.15) is 26.3 Å². The van der Waals surface area contributed by atoms with Crippen LogP contribution in [-0.2, 0) is 19.1 Å². The van der Waals surface area contributed by atoms with E-state index in [2.05, 4.69) is 4.74 Å². The number of likely N-dealkylation sites (tertiary alicyclic amines) is 4. The molecule has 15 heteroatoms. The lowest BCUT2D eigenvalue weighted by Crippen LogP contribution is -2.74. The van der Waals surface area contributed by atoms with Crippen LogP contribution in [0.25, 0.3) is 0 Å². The quantitative estimate of drug-likeness (QED) is 0.469. The van der Waals surface area contributed by atoms with Gasteiger partial charge in [0.2, 0.25) is 5.91 Å². The normalized spacial score (nSPS) is 22.3. The molecule has 0 aromatic carbocycles. The molecule has 4 saturated heterocycles. The Kier molecular flexibility index (Phi) is 5.99. The summed E-state index contributed by atoms with van der Waals surface area (Å²) in [6.45, 7) is 3.36. The van der Waals surface area contributed by atoms with Gasteiger partial charge in [-0.05, 0) is 0 Å². The first kappa shape index (κ1) is 24.9. The van der Waals surface area contributed by atoms with E-state index in [1.807, 2.05) is 0 Å². The Balaban J connectivity index is 0.000000186. The van der Waals surface area contributed by atoms with Crippen LogP contribution in [0.2, 0.25) is 0 Å². The van der Waals surface area contributed by atoms with E-state index in [1.54, 1.807) is 4.90 Å². The molecule has 2 spiro atoms. The van der Waals surface area contributed by atoms with Gasteiger partial charge in [0.1, 0.15) is 0 Å². The Morgan fingerprint density at radius 3 is 1.21 bits per heavy atom. The molecule has 0 N–H and O–H groups in total. The molecule has 0 aromatic heterocycles. The van der Waals surface area contributed by atoms with Gasteiger partial charge in [-0.3, -0.25) is 14.4 Å². The number of hydrogen-bond acceptors (Lipinski definition) is 5. The van der Waals surface area contributed by atoms with Crippen molar-refractivity contribution in [1.82, 2.24) is 19.6 Å². The summed E-state index contributed by atoms with van der Waals surface area (Å²) in [7, 11) is 1.24. The van der Waals surface area contributed by atoms with Crippen LogP contribution in [0.4, 0.5) is 31.1 Å². The van der Waals surface area contributed by atoms with Gasteiger partial charge in [0, 0.05) is 70.1 Å². The minimum atomic E-state index is -4.81. The Bertz CT molecular complexity index is 832. The van der Waals surface area contributed by atoms with Crippen LogP contribution in [0.5, 0.6) is 0 Å². The van der Waals surface area contributed by atoms with Crippen LogP contribution in [0.3, 0.4) is 0 Å². The summed E-state index contributed by atoms with van der Waals surface area (Å²) in [6, 6.07) is 0. The Morgan fingerprint density at radius 1 is 0.636 bits per heavy atom. The van der Waals surface area contributed by atoms with Crippen LogP contribution in [-0.4, -0.2) is 115 Å². The number of nitrogens with zero attached hydrogens (tertiary/aromatic N) is 4. The molecule has 4 amide bonds. The highest BCUT2D eigenvalue weighted by Crippen LogP contribution is 2.42. The first-order valence-corrected chi connectivity index (χ1v) is 9.82. The van der Waals surface area contributed by atoms with Crippen LogP contribution in [0.15, 0.2) is 0 Å². The number of carbonyl (C=O) groups excluding carboxylic acids is 4. The molecule has 0 saturated carbocycles. The SMILES string of the molecule is CC(=O)N1CC2(C1)CN(C(=O)C(F)(F)F)C2.COC(=O)N1CC2(C1)CN(C(=O)C(F)(F)F)C2. The molecule has 0 aromatic rings. The summed E-state index contributed by atoms with van der Waals surface area (Å²) in [5.41, 5.74) is -0.623. The van der Waals surface area contributed by atoms with Gasteiger partial charge in [0.15, 0.2) is 0 Å². The van der Waals surface area contributed by atoms with Crippen molar-refractivity contribution >= 4 is 23.8 Å². The molecule has 4 rings (SSSR count). The number of halogens is 6. The maximum atomic E-state index is 12.1. The van der Waals surface area contributed by atoms with Crippen molar-refractivity contribution in [2.45, 2.75) is 19.3 Å². The molecular weight excluding hydrogens is 466 g/mol. The molecule has 4 aliphatic heterocycles. The fraction of sp³-hybridized carbons (Fsp3) is 0.778. The molecule has 0 radical (unpaired) electrons. The minimum Gasteiger partial charge on any atom is -0.453 e. The molecule has 33 heavy (non-hydrogen) atoms. The van der Waals surface area contributed by atoms with E-state index in [1.165, 1.54) is 18.9 Å². The molecular formula is C18H22F6N4O5. The second kappa shape index (κ2) is 7.94. The zero-order valence-electron chi connectivity index (χ0n) is 17.8. The fourth-order valence-corrected chi connectivity index (χ4v) is 4.58. The number of carbonyl (C=O) groups is 4. The van der Waals surface area contributed by atoms with Crippen LogP contribution >= 0.6 is 0 Å². The first-order valence-electron chi connectivity index (χ1n) is 9.82. The minimum absolute atomic E-state index is 0.0544. The molecule has 0 unspecified atom stereocenters. The summed E-state index contributed by atoms with van der Waals surface area (Å²) in [4.78, 5) is 48.1. The number of amides is 4. The summed E-state index contributed by atoms with van der Waals surface area (Å²) >= 11 is 0. The molecule has 186 valence electrons. The maximum Gasteiger partial charge on any atom is 0.471 e. The van der Waals surface area contributed by atoms with E-state index in [0.717, 1.165) is 9.80 Å². The average Bonchev–Trinajstić information content (AvgIpc) is 2.54. The van der Waals surface area contributed by atoms with Gasteiger partial charge in [-0.1, -0.05) is 0 Å². The highest BCUT2D eigenvalue weighted by molar-refractivity contribution is 5.83. The van der Waals surface area contributed by atoms with Gasteiger partial charge in [-0.25, -0.2) is 4.79 Å². The van der Waals surface area contributed by atoms with E-state index in [9.17, 15) is 45.5 Å². The maximum absolute atomic E-state index is 12.1. The second-order valence-electron chi connectivity index (χ2n) is 9.02. The van der Waals surface area contributed by atoms with Crippen molar-refractivity contribution in [2.24, 2.45) is 10.8 Å². The van der Waals surface area contributed by atoms with Gasteiger partial charge >= 0.3 is 30.3 Å². The summed E-state index contributed by atoms with van der Waals surface area (Å²) in [5.74, 6) is -3.66. The Morgan fingerprint density at radius 2 is 0.939 bits per heavy atom. The van der Waals surface area contributed by atoms with Crippen molar-refractivity contribution in [3.63, 3.8) is 0 Å². The highest BCUT2D eigenvalue weighted by Gasteiger charge is 2.59. The van der Waals surface area contributed by atoms with E-state index in [0.29, 0.717) is 26.2 Å². The van der Waals surface area contributed by atoms with Crippen LogP contribution in [0, 0.1) is 10.8 Å². The Labute approximate surface area is 184 Å². The van der Waals surface area contributed by atoms with Gasteiger partial charge < -0.3 is 24.3 Å². The smallest absolute Gasteiger partial charge is 0.453 e. The van der Waals surface area contributed by atoms with Crippen molar-refractivity contribution in [1.29, 1.82) is 0 Å². The third-order valence-corrected chi connectivity index (χ3v) is 6.15. The van der Waals surface area contributed by atoms with Gasteiger partial charge in [-0.15, -0.1) is 0 Å². The van der Waals surface area contributed by atoms with Crippen molar-refractivity contribution < 1.29 is 50.3 Å². The molecule has 0 aliphatic carbocycles. The third-order valence-electron chi connectivity index (χ3n) is 6.15. The van der Waals surface area contributed by atoms with Gasteiger partial charge in [0.05, 0.1) is 7.11 Å². The Hall–Kier alpha value is -2.74. The zero-order chi connectivity index (χ0) is 25.0. The number of hydrogen-bond donors (Lipinski definition) is 0. The van der Waals surface area contributed by atoms with E-state index >= 15 is 0 Å². The number of rotatable bonds is 0. The lowest BCUT2D eigenvalue weighted by atomic mass is 9.72. The zero-order valence-corrected chi connectivity index (χ0v) is 17.8. The van der Waals surface area contributed by atoms with Gasteiger partial charge in [0.25, 0.3) is 0 Å². The lowest BCUT2D eigenvalue weighted by molar-refractivity contribution is -0.205. The molecule has 0 bridgehead atoms. The number of methoxy groups -OCH3 is 1. The van der Waals surface area contributed by atoms with Crippen LogP contribution < -0.4 is 0 Å². The number of ether oxygens (including phenoxy) is 1. The topological polar surface area (TPSA) is 90.5 Å². The summed E-state index contributed by atoms with van der Waals surface area (Å²) in [5, 5.41) is 0. The summed E-state index contributed by atoms with van der Waals surface area (Å²) in [6.07, 6.45) is -10.1. The second-order valence-corrected chi connectivity index (χ2v) is 9.02.